The number of carbonyl (C=O) groups excluding carboxylic acids is 2. The summed E-state index contributed by atoms with van der Waals surface area (Å²) >= 11 is 7.45. The van der Waals surface area contributed by atoms with E-state index in [0.29, 0.717) is 41.8 Å². The molecule has 0 aromatic carbocycles. The van der Waals surface area contributed by atoms with E-state index in [9.17, 15) is 9.59 Å². The molecule has 3 rings (SSSR count). The number of aromatic nitrogens is 3. The molecule has 0 unspecified atom stereocenters. The fraction of sp³-hybridized carbons (Fsp3) is 0.619. The van der Waals surface area contributed by atoms with Gasteiger partial charge >= 0.3 is 5.97 Å². The lowest BCUT2D eigenvalue weighted by Crippen LogP contribution is -2.59. The van der Waals surface area contributed by atoms with Gasteiger partial charge in [-0.25, -0.2) is 14.8 Å². The zero-order valence-electron chi connectivity index (χ0n) is 19.0. The first kappa shape index (κ1) is 24.5. The number of imidazole rings is 1. The zero-order valence-corrected chi connectivity index (χ0v) is 20.5. The number of amides is 1. The molecule has 1 fully saturated rings. The first-order valence-electron chi connectivity index (χ1n) is 11.1. The van der Waals surface area contributed by atoms with E-state index in [1.165, 1.54) is 11.3 Å². The molecule has 0 radical (unpaired) electrons. The van der Waals surface area contributed by atoms with Crippen LogP contribution in [0.15, 0.2) is 0 Å². The third-order valence-corrected chi connectivity index (χ3v) is 6.91. The molecule has 32 heavy (non-hydrogen) atoms. The fourth-order valence-electron chi connectivity index (χ4n) is 3.71. The number of H-pyrrole nitrogens is 1. The van der Waals surface area contributed by atoms with Gasteiger partial charge in [-0.3, -0.25) is 4.79 Å². The van der Waals surface area contributed by atoms with Crippen LogP contribution in [0.2, 0.25) is 5.15 Å². The number of nitrogens with one attached hydrogen (secondary N) is 3. The van der Waals surface area contributed by atoms with Crippen LogP contribution in [0.4, 0.5) is 5.13 Å². The van der Waals surface area contributed by atoms with Gasteiger partial charge in [0, 0.05) is 25.2 Å². The summed E-state index contributed by atoms with van der Waals surface area (Å²) in [6, 6.07) is -0.0381. The van der Waals surface area contributed by atoms with Crippen molar-refractivity contribution in [1.82, 2.24) is 25.6 Å². The number of aryl methyl sites for hydroxylation is 2. The zero-order chi connectivity index (χ0) is 23.3. The van der Waals surface area contributed by atoms with Crippen molar-refractivity contribution in [2.24, 2.45) is 0 Å². The summed E-state index contributed by atoms with van der Waals surface area (Å²) in [4.78, 5) is 39.4. The monoisotopic (exact) mass is 482 g/mol. The van der Waals surface area contributed by atoms with Crippen LogP contribution in [-0.2, 0) is 11.2 Å². The number of rotatable bonds is 9. The van der Waals surface area contributed by atoms with Crippen LogP contribution in [0.25, 0.3) is 0 Å². The van der Waals surface area contributed by atoms with Crippen LogP contribution in [0.3, 0.4) is 0 Å². The average Bonchev–Trinajstić information content (AvgIpc) is 3.35. The summed E-state index contributed by atoms with van der Waals surface area (Å²) in [6.45, 7) is 10.2. The summed E-state index contributed by atoms with van der Waals surface area (Å²) in [5.41, 5.74) is 1.43. The summed E-state index contributed by atoms with van der Waals surface area (Å²) in [6.07, 6.45) is 2.39. The second kappa shape index (κ2) is 11.1. The Morgan fingerprint density at radius 3 is 2.72 bits per heavy atom. The van der Waals surface area contributed by atoms with Gasteiger partial charge < -0.3 is 25.3 Å². The lowest BCUT2D eigenvalue weighted by molar-refractivity contribution is 0.0531. The molecule has 0 spiro atoms. The number of nitrogens with zero attached hydrogens (tertiary/aromatic N) is 3. The van der Waals surface area contributed by atoms with Gasteiger partial charge in [0.15, 0.2) is 16.1 Å². The Hall–Kier alpha value is -2.17. The van der Waals surface area contributed by atoms with Crippen LogP contribution in [0, 0.1) is 6.92 Å². The van der Waals surface area contributed by atoms with Gasteiger partial charge in [-0.1, -0.05) is 36.8 Å². The van der Waals surface area contributed by atoms with E-state index in [-0.39, 0.29) is 29.8 Å². The first-order chi connectivity index (χ1) is 15.4. The van der Waals surface area contributed by atoms with Gasteiger partial charge in [0.05, 0.1) is 18.0 Å². The lowest BCUT2D eigenvalue weighted by atomic mass is 9.99. The van der Waals surface area contributed by atoms with Crippen molar-refractivity contribution < 1.29 is 14.3 Å². The van der Waals surface area contributed by atoms with Crippen molar-refractivity contribution >= 4 is 39.9 Å². The van der Waals surface area contributed by atoms with Gasteiger partial charge in [0.2, 0.25) is 0 Å². The number of thiazole rings is 1. The van der Waals surface area contributed by atoms with Crippen molar-refractivity contribution in [1.29, 1.82) is 0 Å². The molecule has 11 heteroatoms. The van der Waals surface area contributed by atoms with Crippen LogP contribution >= 0.6 is 22.9 Å². The minimum absolute atomic E-state index is 0.0268. The summed E-state index contributed by atoms with van der Waals surface area (Å²) in [5.74, 6) is -0.360. The van der Waals surface area contributed by atoms with E-state index in [1.807, 2.05) is 13.8 Å². The molecule has 3 heterocycles. The van der Waals surface area contributed by atoms with E-state index in [1.54, 1.807) is 6.92 Å². The Labute approximate surface area is 197 Å². The maximum Gasteiger partial charge on any atom is 0.350 e. The minimum atomic E-state index is -0.333. The molecule has 1 amide bonds. The van der Waals surface area contributed by atoms with Gasteiger partial charge in [-0.15, -0.1) is 0 Å². The van der Waals surface area contributed by atoms with E-state index in [2.05, 4.69) is 37.4 Å². The normalized spacial score (nSPS) is 18.6. The molecule has 2 aromatic rings. The molecule has 1 aliphatic heterocycles. The molecular weight excluding hydrogens is 452 g/mol. The highest BCUT2D eigenvalue weighted by Crippen LogP contribution is 2.29. The predicted molar refractivity (Wildman–Crippen MR) is 126 cm³/mol. The van der Waals surface area contributed by atoms with E-state index < -0.39 is 0 Å². The largest absolute Gasteiger partial charge is 0.462 e. The Bertz CT molecular complexity index is 946. The molecule has 0 bridgehead atoms. The number of ether oxygens (including phenoxy) is 1. The quantitative estimate of drug-likeness (QED) is 0.471. The van der Waals surface area contributed by atoms with Crippen molar-refractivity contribution in [2.45, 2.75) is 59.0 Å². The van der Waals surface area contributed by atoms with Crippen LogP contribution in [0.1, 0.15) is 65.3 Å². The minimum Gasteiger partial charge on any atom is -0.462 e. The average molecular weight is 483 g/mol. The topological polar surface area (TPSA) is 112 Å². The lowest BCUT2D eigenvalue weighted by Gasteiger charge is -2.39. The second-order valence-electron chi connectivity index (χ2n) is 7.72. The van der Waals surface area contributed by atoms with Crippen molar-refractivity contribution in [3.8, 4) is 0 Å². The molecule has 2 atom stereocenters. The van der Waals surface area contributed by atoms with Crippen LogP contribution in [0.5, 0.6) is 0 Å². The molecule has 0 saturated carbocycles. The Kier molecular flexibility index (Phi) is 8.50. The molecule has 9 nitrogen and oxygen atoms in total. The molecule has 1 aliphatic rings. The summed E-state index contributed by atoms with van der Waals surface area (Å²) in [7, 11) is 0. The van der Waals surface area contributed by atoms with Gasteiger partial charge in [0.1, 0.15) is 4.88 Å². The number of halogens is 1. The number of hydrogen-bond acceptors (Lipinski definition) is 8. The molecule has 0 aliphatic carbocycles. The SMILES string of the molecule is CCCN[C@@H]1CN(c2nc(C)c(C(=O)OCC)s2)CC[C@@H]1NC(=O)c1nc(Cl)c(CC)[nH]1. The number of aromatic amines is 1. The highest BCUT2D eigenvalue weighted by molar-refractivity contribution is 7.17. The second-order valence-corrected chi connectivity index (χ2v) is 9.05. The van der Waals surface area contributed by atoms with E-state index >= 15 is 0 Å². The maximum atomic E-state index is 12.8. The van der Waals surface area contributed by atoms with Crippen LogP contribution in [-0.4, -0.2) is 65.2 Å². The highest BCUT2D eigenvalue weighted by atomic mass is 35.5. The summed E-state index contributed by atoms with van der Waals surface area (Å²) in [5, 5.41) is 7.79. The van der Waals surface area contributed by atoms with Gasteiger partial charge in [-0.2, -0.15) is 0 Å². The Morgan fingerprint density at radius 1 is 1.28 bits per heavy atom. The highest BCUT2D eigenvalue weighted by Gasteiger charge is 2.33. The molecule has 2 aromatic heterocycles. The molecule has 176 valence electrons. The number of esters is 1. The standard InChI is InChI=1S/C21H31ClN6O3S/c1-5-9-23-15-11-28(21-24-12(4)16(32-21)20(30)31-7-3)10-8-14(15)26-19(29)18-25-13(6-2)17(22)27-18/h14-15,23H,5-11H2,1-4H3,(H,25,27)(H,26,29)/t14-,15+/m0/s1. The Balaban J connectivity index is 1.71. The maximum absolute atomic E-state index is 12.8. The van der Waals surface area contributed by atoms with Crippen molar-refractivity contribution in [3.63, 3.8) is 0 Å². The van der Waals surface area contributed by atoms with Crippen LogP contribution < -0.4 is 15.5 Å². The predicted octanol–water partition coefficient (Wildman–Crippen LogP) is 2.94. The van der Waals surface area contributed by atoms with Gasteiger partial charge in [-0.05, 0) is 39.7 Å². The first-order valence-corrected chi connectivity index (χ1v) is 12.2. The van der Waals surface area contributed by atoms with E-state index in [0.717, 1.165) is 30.2 Å². The molecule has 3 N–H and O–H groups in total. The number of anilines is 1. The number of hydrogen-bond donors (Lipinski definition) is 3. The molecule has 1 saturated heterocycles. The van der Waals surface area contributed by atoms with E-state index in [4.69, 9.17) is 16.3 Å². The molecular formula is C21H31ClN6O3S. The van der Waals surface area contributed by atoms with Crippen molar-refractivity contribution in [3.05, 3.63) is 27.2 Å². The van der Waals surface area contributed by atoms with Gasteiger partial charge in [0.25, 0.3) is 5.91 Å². The van der Waals surface area contributed by atoms with Crippen molar-refractivity contribution in [2.75, 3.05) is 31.1 Å². The summed E-state index contributed by atoms with van der Waals surface area (Å²) < 4.78 is 5.14. The number of piperidine rings is 1. The Morgan fingerprint density at radius 2 is 2.06 bits per heavy atom. The smallest absolute Gasteiger partial charge is 0.350 e. The fourth-order valence-corrected chi connectivity index (χ4v) is 4.97. The third kappa shape index (κ3) is 5.60. The third-order valence-electron chi connectivity index (χ3n) is 5.40. The number of carbonyl (C=O) groups is 2.